The Morgan fingerprint density at radius 2 is 1.74 bits per heavy atom. The van der Waals surface area contributed by atoms with Crippen molar-refractivity contribution < 1.29 is 17.9 Å². The summed E-state index contributed by atoms with van der Waals surface area (Å²) in [7, 11) is -3.81. The van der Waals surface area contributed by atoms with Crippen LogP contribution in [0.2, 0.25) is 5.02 Å². The Kier molecular flexibility index (Phi) is 9.09. The van der Waals surface area contributed by atoms with Gasteiger partial charge < -0.3 is 10.1 Å². The zero-order valence-corrected chi connectivity index (χ0v) is 24.0. The number of nitrogens with zero attached hydrogens (tertiary/aromatic N) is 4. The molecule has 4 aromatic rings. The number of halogens is 1. The maximum atomic E-state index is 13.6. The lowest BCUT2D eigenvalue weighted by molar-refractivity contribution is -0.123. The van der Waals surface area contributed by atoms with E-state index >= 15 is 0 Å². The number of rotatable bonds is 10. The molecule has 0 unspecified atom stereocenters. The minimum atomic E-state index is -3.81. The maximum absolute atomic E-state index is 13.6. The molecule has 1 atom stereocenters. The minimum absolute atomic E-state index is 0.0625. The molecule has 1 amide bonds. The third-order valence-corrected chi connectivity index (χ3v) is 6.76. The molecule has 0 fully saturated rings. The van der Waals surface area contributed by atoms with Gasteiger partial charge in [0.15, 0.2) is 0 Å². The normalized spacial score (nSPS) is 11.8. The molecule has 2 heterocycles. The Labute approximate surface area is 245 Å². The van der Waals surface area contributed by atoms with Gasteiger partial charge in [-0.3, -0.25) is 23.4 Å². The van der Waals surface area contributed by atoms with E-state index in [9.17, 15) is 22.8 Å². The van der Waals surface area contributed by atoms with Gasteiger partial charge in [-0.1, -0.05) is 30.7 Å². The number of aromatic nitrogens is 3. The van der Waals surface area contributed by atoms with Gasteiger partial charge in [-0.2, -0.15) is 5.26 Å². The van der Waals surface area contributed by atoms with Crippen LogP contribution in [0.4, 0.5) is 11.5 Å². The van der Waals surface area contributed by atoms with E-state index in [1.807, 2.05) is 10.8 Å². The van der Waals surface area contributed by atoms with Crippen LogP contribution in [-0.4, -0.2) is 34.7 Å². The summed E-state index contributed by atoms with van der Waals surface area (Å²) < 4.78 is 32.8. The molecule has 0 saturated carbocycles. The van der Waals surface area contributed by atoms with Gasteiger partial charge in [-0.25, -0.2) is 18.2 Å². The van der Waals surface area contributed by atoms with Crippen LogP contribution < -0.4 is 26.0 Å². The number of hydrogen-bond acceptors (Lipinski definition) is 9. The molecular formula is C28H25ClN6O6S. The number of carbonyl (C=O) groups is 1. The summed E-state index contributed by atoms with van der Waals surface area (Å²) in [6, 6.07) is 19.8. The number of sulfonamides is 1. The largest absolute Gasteiger partial charge is 0.457 e. The molecule has 0 saturated heterocycles. The van der Waals surface area contributed by atoms with Crippen molar-refractivity contribution in [1.29, 1.82) is 5.26 Å². The van der Waals surface area contributed by atoms with E-state index in [1.54, 1.807) is 54.6 Å². The number of ether oxygens (including phenoxy) is 1. The number of nitriles is 1. The lowest BCUT2D eigenvalue weighted by atomic mass is 10.1. The van der Waals surface area contributed by atoms with Crippen molar-refractivity contribution in [3.05, 3.63) is 110 Å². The van der Waals surface area contributed by atoms with E-state index in [-0.39, 0.29) is 24.6 Å². The Morgan fingerprint density at radius 1 is 1.05 bits per heavy atom. The Bertz CT molecular complexity index is 1880. The topological polar surface area (TPSA) is 165 Å². The summed E-state index contributed by atoms with van der Waals surface area (Å²) in [5.41, 5.74) is 0.0850. The molecule has 216 valence electrons. The molecule has 2 aromatic heterocycles. The van der Waals surface area contributed by atoms with Gasteiger partial charge in [-0.15, -0.1) is 0 Å². The van der Waals surface area contributed by atoms with E-state index in [2.05, 4.69) is 10.3 Å². The van der Waals surface area contributed by atoms with Gasteiger partial charge in [-0.05, 0) is 48.0 Å². The SMILES string of the molecule is C[C@@H](Cn1c(=O)cc(Nc2ccc(Oc3ccnc(C#N)c3)cc2)n(Cc2ccc(Cl)cc2)c1=O)C(=O)NS(C)(=O)=O. The van der Waals surface area contributed by atoms with Gasteiger partial charge in [0.05, 0.1) is 18.7 Å². The fourth-order valence-corrected chi connectivity index (χ4v) is 4.57. The summed E-state index contributed by atoms with van der Waals surface area (Å²) in [6.07, 6.45) is 2.30. The van der Waals surface area contributed by atoms with Gasteiger partial charge in [0.25, 0.3) is 5.56 Å². The minimum Gasteiger partial charge on any atom is -0.457 e. The first-order valence-electron chi connectivity index (χ1n) is 12.4. The van der Waals surface area contributed by atoms with Crippen LogP contribution in [0.3, 0.4) is 0 Å². The predicted octanol–water partition coefficient (Wildman–Crippen LogP) is 3.23. The van der Waals surface area contributed by atoms with Crippen LogP contribution in [0.1, 0.15) is 18.2 Å². The second-order valence-corrected chi connectivity index (χ2v) is 11.5. The molecule has 12 nitrogen and oxygen atoms in total. The third kappa shape index (κ3) is 7.84. The molecule has 0 aliphatic rings. The number of benzene rings is 2. The summed E-state index contributed by atoms with van der Waals surface area (Å²) in [4.78, 5) is 42.8. The fourth-order valence-electron chi connectivity index (χ4n) is 3.88. The highest BCUT2D eigenvalue weighted by Gasteiger charge is 2.21. The van der Waals surface area contributed by atoms with Crippen LogP contribution >= 0.6 is 11.6 Å². The Hall–Kier alpha value is -4.93. The van der Waals surface area contributed by atoms with Crippen molar-refractivity contribution in [2.75, 3.05) is 11.6 Å². The summed E-state index contributed by atoms with van der Waals surface area (Å²) in [5, 5.41) is 12.6. The first kappa shape index (κ1) is 30.0. The Morgan fingerprint density at radius 3 is 2.38 bits per heavy atom. The van der Waals surface area contributed by atoms with Crippen LogP contribution in [0, 0.1) is 17.2 Å². The monoisotopic (exact) mass is 608 g/mol. The zero-order chi connectivity index (χ0) is 30.4. The standard InChI is InChI=1S/C28H25ClN6O6S/c1-18(27(37)33-42(2,39)40)16-35-26(36)14-25(34(28(35)38)17-19-3-5-20(29)6-4-19)32-21-7-9-23(10-8-21)41-24-11-12-31-22(13-24)15-30/h3-14,18,32H,16-17H2,1-2H3,(H,33,37)/t18-/m0/s1. The molecular weight excluding hydrogens is 584 g/mol. The van der Waals surface area contributed by atoms with Crippen LogP contribution in [0.5, 0.6) is 11.5 Å². The molecule has 14 heteroatoms. The number of pyridine rings is 1. The first-order chi connectivity index (χ1) is 19.9. The molecule has 0 bridgehead atoms. The Balaban J connectivity index is 1.64. The van der Waals surface area contributed by atoms with Crippen LogP contribution in [-0.2, 0) is 27.9 Å². The number of hydrogen-bond donors (Lipinski definition) is 2. The van der Waals surface area contributed by atoms with Gasteiger partial charge in [0, 0.05) is 35.6 Å². The average molecular weight is 609 g/mol. The maximum Gasteiger partial charge on any atom is 0.332 e. The summed E-state index contributed by atoms with van der Waals surface area (Å²) >= 11 is 6.01. The smallest absolute Gasteiger partial charge is 0.332 e. The highest BCUT2D eigenvalue weighted by atomic mass is 35.5. The fraction of sp³-hybridized carbons (Fsp3) is 0.179. The van der Waals surface area contributed by atoms with Crippen molar-refractivity contribution in [3.63, 3.8) is 0 Å². The molecule has 4 rings (SSSR count). The third-order valence-electron chi connectivity index (χ3n) is 5.93. The van der Waals surface area contributed by atoms with E-state index in [0.29, 0.717) is 22.2 Å². The van der Waals surface area contributed by atoms with Crippen LogP contribution in [0.15, 0.2) is 82.5 Å². The molecule has 0 radical (unpaired) electrons. The van der Waals surface area contributed by atoms with Gasteiger partial charge >= 0.3 is 5.69 Å². The average Bonchev–Trinajstić information content (AvgIpc) is 2.94. The number of nitrogens with one attached hydrogen (secondary N) is 2. The highest BCUT2D eigenvalue weighted by molar-refractivity contribution is 7.89. The summed E-state index contributed by atoms with van der Waals surface area (Å²) in [5.74, 6) is -0.739. The van der Waals surface area contributed by atoms with Crippen molar-refractivity contribution in [2.45, 2.75) is 20.0 Å². The van der Waals surface area contributed by atoms with Crippen molar-refractivity contribution in [2.24, 2.45) is 5.92 Å². The summed E-state index contributed by atoms with van der Waals surface area (Å²) in [6.45, 7) is 1.14. The molecule has 0 spiro atoms. The van der Waals surface area contributed by atoms with Crippen LogP contribution in [0.25, 0.3) is 0 Å². The van der Waals surface area contributed by atoms with E-state index < -0.39 is 33.1 Å². The molecule has 42 heavy (non-hydrogen) atoms. The van der Waals surface area contributed by atoms with Gasteiger partial charge in [0.1, 0.15) is 29.1 Å². The quantitative estimate of drug-likeness (QED) is 0.275. The lowest BCUT2D eigenvalue weighted by Crippen LogP contribution is -2.44. The van der Waals surface area contributed by atoms with E-state index in [1.165, 1.54) is 29.8 Å². The number of amides is 1. The molecule has 0 aliphatic heterocycles. The van der Waals surface area contributed by atoms with Crippen molar-refractivity contribution in [1.82, 2.24) is 18.8 Å². The van der Waals surface area contributed by atoms with E-state index in [0.717, 1.165) is 16.4 Å². The van der Waals surface area contributed by atoms with Gasteiger partial charge in [0.2, 0.25) is 15.9 Å². The second-order valence-electron chi connectivity index (χ2n) is 9.35. The number of carbonyl (C=O) groups excluding carboxylic acids is 1. The lowest BCUT2D eigenvalue weighted by Gasteiger charge is -2.18. The molecule has 2 aromatic carbocycles. The second kappa shape index (κ2) is 12.7. The van der Waals surface area contributed by atoms with Crippen molar-refractivity contribution in [3.8, 4) is 17.6 Å². The molecule has 0 aliphatic carbocycles. The first-order valence-corrected chi connectivity index (χ1v) is 14.7. The number of anilines is 2. The molecule has 2 N–H and O–H groups in total. The van der Waals surface area contributed by atoms with E-state index in [4.69, 9.17) is 21.6 Å². The highest BCUT2D eigenvalue weighted by Crippen LogP contribution is 2.24. The zero-order valence-electron chi connectivity index (χ0n) is 22.4. The van der Waals surface area contributed by atoms with Crippen molar-refractivity contribution >= 4 is 39.0 Å². The predicted molar refractivity (Wildman–Crippen MR) is 156 cm³/mol.